The Bertz CT molecular complexity index is 801. The van der Waals surface area contributed by atoms with Crippen LogP contribution in [0.4, 0.5) is 0 Å². The Morgan fingerprint density at radius 1 is 1.13 bits per heavy atom. The van der Waals surface area contributed by atoms with E-state index in [9.17, 15) is 8.42 Å². The zero-order valence-corrected chi connectivity index (χ0v) is 14.1. The Kier molecular flexibility index (Phi) is 3.79. The molecule has 0 aliphatic carbocycles. The quantitative estimate of drug-likeness (QED) is 0.853. The number of nitrogens with zero attached hydrogens (tertiary/aromatic N) is 1. The van der Waals surface area contributed by atoms with E-state index in [1.807, 2.05) is 18.2 Å². The van der Waals surface area contributed by atoms with Crippen molar-refractivity contribution < 1.29 is 17.9 Å². The second-order valence-corrected chi connectivity index (χ2v) is 8.67. The van der Waals surface area contributed by atoms with Gasteiger partial charge in [-0.25, -0.2) is 8.42 Å². The van der Waals surface area contributed by atoms with Crippen molar-refractivity contribution in [3.05, 3.63) is 41.3 Å². The van der Waals surface area contributed by atoms with Gasteiger partial charge in [0.05, 0.1) is 6.04 Å². The van der Waals surface area contributed by atoms with E-state index in [4.69, 9.17) is 9.47 Å². The van der Waals surface area contributed by atoms with Crippen LogP contribution in [-0.2, 0) is 10.0 Å². The maximum atomic E-state index is 12.8. The van der Waals surface area contributed by atoms with E-state index in [-0.39, 0.29) is 6.04 Å². The molecule has 2 aliphatic heterocycles. The molecule has 2 aromatic rings. The molecule has 5 nitrogen and oxygen atoms in total. The fourth-order valence-electron chi connectivity index (χ4n) is 3.15. The van der Waals surface area contributed by atoms with E-state index in [0.717, 1.165) is 24.2 Å². The molecule has 0 unspecified atom stereocenters. The van der Waals surface area contributed by atoms with Gasteiger partial charge in [-0.3, -0.25) is 0 Å². The first-order valence-corrected chi connectivity index (χ1v) is 9.93. The van der Waals surface area contributed by atoms with Crippen LogP contribution in [0.15, 0.2) is 39.9 Å². The van der Waals surface area contributed by atoms with Gasteiger partial charge < -0.3 is 9.47 Å². The predicted octanol–water partition coefficient (Wildman–Crippen LogP) is 3.05. The summed E-state index contributed by atoms with van der Waals surface area (Å²) in [5, 5.41) is 1.79. The van der Waals surface area contributed by atoms with Crippen LogP contribution in [0.25, 0.3) is 0 Å². The van der Waals surface area contributed by atoms with Crippen LogP contribution in [0.3, 0.4) is 0 Å². The number of sulfonamides is 1. The van der Waals surface area contributed by atoms with E-state index in [1.165, 1.54) is 11.3 Å². The molecular formula is C16H17NO4S2. The molecule has 0 radical (unpaired) electrons. The number of fused-ring (bicyclic) bond motifs is 1. The highest BCUT2D eigenvalue weighted by Gasteiger charge is 2.37. The summed E-state index contributed by atoms with van der Waals surface area (Å²) in [6, 6.07) is 9.03. The summed E-state index contributed by atoms with van der Waals surface area (Å²) in [5.41, 5.74) is 0.965. The van der Waals surface area contributed by atoms with Crippen LogP contribution in [-0.4, -0.2) is 32.5 Å². The highest BCUT2D eigenvalue weighted by molar-refractivity contribution is 7.91. The largest absolute Gasteiger partial charge is 0.486 e. The highest BCUT2D eigenvalue weighted by atomic mass is 32.2. The second-order valence-electron chi connectivity index (χ2n) is 5.61. The second kappa shape index (κ2) is 5.81. The molecule has 0 amide bonds. The molecule has 1 saturated heterocycles. The molecule has 1 fully saturated rings. The molecule has 3 heterocycles. The van der Waals surface area contributed by atoms with Gasteiger partial charge in [0.2, 0.25) is 0 Å². The minimum atomic E-state index is -3.43. The SMILES string of the molecule is O=S(=O)(c1cccs1)N1CCC[C@@H]1c1ccc2c(c1)OCCO2. The molecule has 0 bridgehead atoms. The first-order valence-electron chi connectivity index (χ1n) is 7.61. The Labute approximate surface area is 139 Å². The van der Waals surface area contributed by atoms with Crippen molar-refractivity contribution in [1.82, 2.24) is 4.31 Å². The van der Waals surface area contributed by atoms with Gasteiger partial charge in [-0.05, 0) is 42.0 Å². The monoisotopic (exact) mass is 351 g/mol. The van der Waals surface area contributed by atoms with Gasteiger partial charge in [-0.2, -0.15) is 4.31 Å². The van der Waals surface area contributed by atoms with Crippen molar-refractivity contribution in [2.24, 2.45) is 0 Å². The third-order valence-electron chi connectivity index (χ3n) is 4.21. The summed E-state index contributed by atoms with van der Waals surface area (Å²) in [7, 11) is -3.43. The standard InChI is InChI=1S/C16H17NO4S2/c18-23(19,16-4-2-10-22-16)17-7-1-3-13(17)12-5-6-14-15(11-12)21-9-8-20-14/h2,4-6,10-11,13H,1,3,7-9H2/t13-/m1/s1. The molecule has 7 heteroatoms. The van der Waals surface area contributed by atoms with Crippen molar-refractivity contribution in [1.29, 1.82) is 0 Å². The van der Waals surface area contributed by atoms with Crippen LogP contribution in [0.5, 0.6) is 11.5 Å². The van der Waals surface area contributed by atoms with Crippen LogP contribution in [0.1, 0.15) is 24.4 Å². The zero-order chi connectivity index (χ0) is 15.9. The highest BCUT2D eigenvalue weighted by Crippen LogP contribution is 2.40. The van der Waals surface area contributed by atoms with Gasteiger partial charge in [0, 0.05) is 6.54 Å². The molecule has 0 saturated carbocycles. The number of thiophene rings is 1. The normalized spacial score (nSPS) is 21.5. The zero-order valence-electron chi connectivity index (χ0n) is 12.5. The summed E-state index contributed by atoms with van der Waals surface area (Å²) in [5.74, 6) is 1.43. The Morgan fingerprint density at radius 2 is 1.96 bits per heavy atom. The lowest BCUT2D eigenvalue weighted by Crippen LogP contribution is -2.30. The predicted molar refractivity (Wildman–Crippen MR) is 87.6 cm³/mol. The third kappa shape index (κ3) is 2.62. The molecule has 0 spiro atoms. The maximum absolute atomic E-state index is 12.8. The number of benzene rings is 1. The van der Waals surface area contributed by atoms with E-state index >= 15 is 0 Å². The summed E-state index contributed by atoms with van der Waals surface area (Å²) in [6.07, 6.45) is 1.69. The minimum Gasteiger partial charge on any atom is -0.486 e. The number of hydrogen-bond donors (Lipinski definition) is 0. The molecule has 122 valence electrons. The number of hydrogen-bond acceptors (Lipinski definition) is 5. The molecule has 1 atom stereocenters. The molecule has 4 rings (SSSR count). The smallest absolute Gasteiger partial charge is 0.253 e. The van der Waals surface area contributed by atoms with Crippen LogP contribution in [0.2, 0.25) is 0 Å². The summed E-state index contributed by atoms with van der Waals surface area (Å²) >= 11 is 1.26. The molecule has 1 aromatic carbocycles. The minimum absolute atomic E-state index is 0.141. The van der Waals surface area contributed by atoms with Gasteiger partial charge in [0.1, 0.15) is 17.4 Å². The Balaban J connectivity index is 1.68. The molecule has 0 N–H and O–H groups in total. The fraction of sp³-hybridized carbons (Fsp3) is 0.375. The number of rotatable bonds is 3. The van der Waals surface area contributed by atoms with E-state index < -0.39 is 10.0 Å². The van der Waals surface area contributed by atoms with Crippen molar-refractivity contribution in [2.45, 2.75) is 23.1 Å². The molecule has 2 aliphatic rings. The van der Waals surface area contributed by atoms with Crippen molar-refractivity contribution >= 4 is 21.4 Å². The summed E-state index contributed by atoms with van der Waals surface area (Å²) in [6.45, 7) is 1.63. The van der Waals surface area contributed by atoms with Crippen LogP contribution < -0.4 is 9.47 Å². The molecule has 23 heavy (non-hydrogen) atoms. The van der Waals surface area contributed by atoms with Gasteiger partial charge in [-0.1, -0.05) is 12.1 Å². The van der Waals surface area contributed by atoms with Gasteiger partial charge in [-0.15, -0.1) is 11.3 Å². The van der Waals surface area contributed by atoms with Crippen molar-refractivity contribution in [3.63, 3.8) is 0 Å². The van der Waals surface area contributed by atoms with Crippen LogP contribution >= 0.6 is 11.3 Å². The number of ether oxygens (including phenoxy) is 2. The van der Waals surface area contributed by atoms with Crippen LogP contribution in [0, 0.1) is 0 Å². The summed E-state index contributed by atoms with van der Waals surface area (Å²) < 4.78 is 38.9. The average Bonchev–Trinajstić information content (AvgIpc) is 3.26. The molecular weight excluding hydrogens is 334 g/mol. The lowest BCUT2D eigenvalue weighted by molar-refractivity contribution is 0.171. The lowest BCUT2D eigenvalue weighted by atomic mass is 10.0. The third-order valence-corrected chi connectivity index (χ3v) is 7.49. The van der Waals surface area contributed by atoms with Gasteiger partial charge in [0.25, 0.3) is 10.0 Å². The fourth-order valence-corrected chi connectivity index (χ4v) is 5.96. The topological polar surface area (TPSA) is 55.8 Å². The first-order chi connectivity index (χ1) is 11.2. The first kappa shape index (κ1) is 15.0. The maximum Gasteiger partial charge on any atom is 0.253 e. The lowest BCUT2D eigenvalue weighted by Gasteiger charge is -2.25. The summed E-state index contributed by atoms with van der Waals surface area (Å²) in [4.78, 5) is 0. The average molecular weight is 351 g/mol. The van der Waals surface area contributed by atoms with Crippen molar-refractivity contribution in [2.75, 3.05) is 19.8 Å². The van der Waals surface area contributed by atoms with E-state index in [2.05, 4.69) is 0 Å². The molecule has 1 aromatic heterocycles. The Hall–Kier alpha value is -1.57. The van der Waals surface area contributed by atoms with E-state index in [1.54, 1.807) is 21.8 Å². The van der Waals surface area contributed by atoms with Gasteiger partial charge in [0.15, 0.2) is 11.5 Å². The van der Waals surface area contributed by atoms with Gasteiger partial charge >= 0.3 is 0 Å². The van der Waals surface area contributed by atoms with E-state index in [0.29, 0.717) is 29.7 Å². The Morgan fingerprint density at radius 3 is 2.74 bits per heavy atom. The van der Waals surface area contributed by atoms with Crippen molar-refractivity contribution in [3.8, 4) is 11.5 Å².